The lowest BCUT2D eigenvalue weighted by Crippen LogP contribution is -2.42. The van der Waals surface area contributed by atoms with E-state index < -0.39 is 10.0 Å². The minimum atomic E-state index is -3.16. The van der Waals surface area contributed by atoms with E-state index in [1.165, 1.54) is 12.8 Å². The third-order valence-electron chi connectivity index (χ3n) is 3.69. The molecule has 2 N–H and O–H groups in total. The van der Waals surface area contributed by atoms with Crippen LogP contribution in [-0.2, 0) is 14.8 Å². The van der Waals surface area contributed by atoms with Crippen molar-refractivity contribution in [2.45, 2.75) is 56.7 Å². The molecule has 2 aliphatic carbocycles. The SMILES string of the molecule is COC1CCCC1NS(=O)(=O)CCCNC1CC1. The maximum absolute atomic E-state index is 11.9. The summed E-state index contributed by atoms with van der Waals surface area (Å²) in [4.78, 5) is 0. The van der Waals surface area contributed by atoms with E-state index in [1.807, 2.05) is 0 Å². The van der Waals surface area contributed by atoms with Crippen molar-refractivity contribution in [1.29, 1.82) is 0 Å². The molecule has 0 amide bonds. The van der Waals surface area contributed by atoms with E-state index in [1.54, 1.807) is 7.11 Å². The summed E-state index contributed by atoms with van der Waals surface area (Å²) in [5.41, 5.74) is 0. The van der Waals surface area contributed by atoms with Crippen molar-refractivity contribution >= 4 is 10.0 Å². The molecule has 2 unspecified atom stereocenters. The van der Waals surface area contributed by atoms with E-state index in [-0.39, 0.29) is 17.9 Å². The zero-order valence-electron chi connectivity index (χ0n) is 11.0. The fourth-order valence-electron chi connectivity index (χ4n) is 2.49. The van der Waals surface area contributed by atoms with Gasteiger partial charge in [-0.3, -0.25) is 0 Å². The Kier molecular flexibility index (Phi) is 5.00. The molecule has 0 bridgehead atoms. The van der Waals surface area contributed by atoms with Gasteiger partial charge in [0.25, 0.3) is 0 Å². The zero-order valence-corrected chi connectivity index (χ0v) is 11.8. The number of hydrogen-bond acceptors (Lipinski definition) is 4. The topological polar surface area (TPSA) is 67.4 Å². The molecule has 2 rings (SSSR count). The summed E-state index contributed by atoms with van der Waals surface area (Å²) in [6.45, 7) is 0.796. The Bertz CT molecular complexity index is 354. The van der Waals surface area contributed by atoms with E-state index in [9.17, 15) is 8.42 Å². The monoisotopic (exact) mass is 276 g/mol. The van der Waals surface area contributed by atoms with E-state index in [4.69, 9.17) is 4.74 Å². The van der Waals surface area contributed by atoms with Gasteiger partial charge in [0.05, 0.1) is 11.9 Å². The lowest BCUT2D eigenvalue weighted by molar-refractivity contribution is 0.0916. The molecule has 2 saturated carbocycles. The molecule has 2 aliphatic rings. The number of rotatable bonds is 8. The van der Waals surface area contributed by atoms with Gasteiger partial charge in [-0.25, -0.2) is 13.1 Å². The predicted molar refractivity (Wildman–Crippen MR) is 71.0 cm³/mol. The molecule has 2 fully saturated rings. The van der Waals surface area contributed by atoms with Gasteiger partial charge in [0.15, 0.2) is 0 Å². The van der Waals surface area contributed by atoms with Crippen LogP contribution in [0.4, 0.5) is 0 Å². The molecule has 18 heavy (non-hydrogen) atoms. The van der Waals surface area contributed by atoms with Gasteiger partial charge < -0.3 is 10.1 Å². The Morgan fingerprint density at radius 1 is 1.22 bits per heavy atom. The van der Waals surface area contributed by atoms with Crippen molar-refractivity contribution in [3.63, 3.8) is 0 Å². The molecular weight excluding hydrogens is 252 g/mol. The number of ether oxygens (including phenoxy) is 1. The van der Waals surface area contributed by atoms with Crippen LogP contribution in [0.1, 0.15) is 38.5 Å². The summed E-state index contributed by atoms with van der Waals surface area (Å²) in [6.07, 6.45) is 6.07. The summed E-state index contributed by atoms with van der Waals surface area (Å²) in [6, 6.07) is 0.616. The van der Waals surface area contributed by atoms with Gasteiger partial charge in [0, 0.05) is 19.2 Å². The number of nitrogens with one attached hydrogen (secondary N) is 2. The molecule has 0 spiro atoms. The number of sulfonamides is 1. The van der Waals surface area contributed by atoms with Gasteiger partial charge in [-0.1, -0.05) is 0 Å². The van der Waals surface area contributed by atoms with Gasteiger partial charge in [-0.05, 0) is 45.1 Å². The molecule has 5 nitrogen and oxygen atoms in total. The highest BCUT2D eigenvalue weighted by Gasteiger charge is 2.30. The Hall–Kier alpha value is -0.170. The third kappa shape index (κ3) is 4.50. The summed E-state index contributed by atoms with van der Waals surface area (Å²) >= 11 is 0. The van der Waals surface area contributed by atoms with Crippen molar-refractivity contribution in [2.75, 3.05) is 19.4 Å². The largest absolute Gasteiger partial charge is 0.380 e. The highest BCUT2D eigenvalue weighted by molar-refractivity contribution is 7.89. The molecule has 0 aliphatic heterocycles. The summed E-state index contributed by atoms with van der Waals surface area (Å²) in [7, 11) is -1.51. The molecule has 6 heteroatoms. The molecule has 0 heterocycles. The Morgan fingerprint density at radius 3 is 2.67 bits per heavy atom. The van der Waals surface area contributed by atoms with Crippen molar-refractivity contribution in [3.05, 3.63) is 0 Å². The first kappa shape index (κ1) is 14.2. The Balaban J connectivity index is 1.68. The number of methoxy groups -OCH3 is 1. The van der Waals surface area contributed by atoms with Crippen molar-refractivity contribution in [1.82, 2.24) is 10.0 Å². The second-order valence-electron chi connectivity index (χ2n) is 5.33. The second kappa shape index (κ2) is 6.32. The third-order valence-corrected chi connectivity index (χ3v) is 5.17. The normalized spacial score (nSPS) is 28.7. The fourth-order valence-corrected chi connectivity index (χ4v) is 3.86. The first-order valence-corrected chi connectivity index (χ1v) is 8.52. The van der Waals surface area contributed by atoms with Crippen LogP contribution in [0.15, 0.2) is 0 Å². The fraction of sp³-hybridized carbons (Fsp3) is 1.00. The van der Waals surface area contributed by atoms with E-state index in [0.29, 0.717) is 12.5 Å². The highest BCUT2D eigenvalue weighted by atomic mass is 32.2. The smallest absolute Gasteiger partial charge is 0.211 e. The minimum absolute atomic E-state index is 0.0311. The van der Waals surface area contributed by atoms with Crippen molar-refractivity contribution < 1.29 is 13.2 Å². The first-order chi connectivity index (χ1) is 8.61. The van der Waals surface area contributed by atoms with Crippen LogP contribution in [0, 0.1) is 0 Å². The van der Waals surface area contributed by atoms with Crippen LogP contribution in [-0.4, -0.2) is 46.0 Å². The average molecular weight is 276 g/mol. The molecule has 0 aromatic heterocycles. The van der Waals surface area contributed by atoms with Crippen LogP contribution in [0.2, 0.25) is 0 Å². The molecule has 0 radical (unpaired) electrons. The van der Waals surface area contributed by atoms with Gasteiger partial charge in [0.2, 0.25) is 10.0 Å². The Morgan fingerprint density at radius 2 is 2.00 bits per heavy atom. The van der Waals surface area contributed by atoms with Crippen LogP contribution in [0.3, 0.4) is 0 Å². The Labute approximate surface area is 110 Å². The zero-order chi connectivity index (χ0) is 13.0. The van der Waals surface area contributed by atoms with E-state index >= 15 is 0 Å². The average Bonchev–Trinajstić information content (AvgIpc) is 3.04. The molecular formula is C12H24N2O3S. The summed E-state index contributed by atoms with van der Waals surface area (Å²) in [5.74, 6) is 0.208. The van der Waals surface area contributed by atoms with Gasteiger partial charge in [-0.2, -0.15) is 0 Å². The van der Waals surface area contributed by atoms with Gasteiger partial charge >= 0.3 is 0 Å². The maximum atomic E-state index is 11.9. The quantitative estimate of drug-likeness (QED) is 0.638. The molecule has 0 aromatic rings. The second-order valence-corrected chi connectivity index (χ2v) is 7.20. The minimum Gasteiger partial charge on any atom is -0.380 e. The van der Waals surface area contributed by atoms with Crippen molar-refractivity contribution in [3.8, 4) is 0 Å². The van der Waals surface area contributed by atoms with Crippen molar-refractivity contribution in [2.24, 2.45) is 0 Å². The van der Waals surface area contributed by atoms with E-state index in [0.717, 1.165) is 25.8 Å². The summed E-state index contributed by atoms with van der Waals surface area (Å²) < 4.78 is 31.9. The molecule has 0 aromatic carbocycles. The van der Waals surface area contributed by atoms with E-state index in [2.05, 4.69) is 10.0 Å². The lowest BCUT2D eigenvalue weighted by Gasteiger charge is -2.19. The van der Waals surface area contributed by atoms with Crippen LogP contribution in [0.5, 0.6) is 0 Å². The van der Waals surface area contributed by atoms with Crippen LogP contribution < -0.4 is 10.0 Å². The highest BCUT2D eigenvalue weighted by Crippen LogP contribution is 2.22. The van der Waals surface area contributed by atoms with Crippen LogP contribution in [0.25, 0.3) is 0 Å². The van der Waals surface area contributed by atoms with Crippen LogP contribution >= 0.6 is 0 Å². The maximum Gasteiger partial charge on any atom is 0.211 e. The van der Waals surface area contributed by atoms with Gasteiger partial charge in [0.1, 0.15) is 0 Å². The molecule has 2 atom stereocenters. The lowest BCUT2D eigenvalue weighted by atomic mass is 10.2. The molecule has 106 valence electrons. The number of hydrogen-bond donors (Lipinski definition) is 2. The molecule has 0 saturated heterocycles. The standard InChI is InChI=1S/C12H24N2O3S/c1-17-12-5-2-4-11(12)14-18(15,16)9-3-8-13-10-6-7-10/h10-14H,2-9H2,1H3. The predicted octanol–water partition coefficient (Wildman–Crippen LogP) is 0.615. The summed E-state index contributed by atoms with van der Waals surface area (Å²) in [5, 5.41) is 3.33. The first-order valence-electron chi connectivity index (χ1n) is 6.87. The van der Waals surface area contributed by atoms with Gasteiger partial charge in [-0.15, -0.1) is 0 Å².